The maximum atomic E-state index is 10.7. The zero-order chi connectivity index (χ0) is 4.99. The Hall–Kier alpha value is -0.470. The van der Waals surface area contributed by atoms with E-state index in [0.29, 0.717) is 0 Å². The summed E-state index contributed by atoms with van der Waals surface area (Å²) in [7, 11) is 0. The van der Waals surface area contributed by atoms with Crippen molar-refractivity contribution in [2.24, 2.45) is 0 Å². The monoisotopic (exact) mass is 95.0 g/mol. The molecule has 0 aromatic rings. The minimum absolute atomic E-state index is 0.301. The third kappa shape index (κ3) is 3.53. The average molecular weight is 95.0 g/mol. The summed E-state index contributed by atoms with van der Waals surface area (Å²) < 4.78 is 31.8. The fourth-order valence-electron chi connectivity index (χ4n) is 0.0476. The fraction of sp³-hybridized carbons (Fsp3) is 0.333. The molecule has 0 spiro atoms. The van der Waals surface area contributed by atoms with Crippen molar-refractivity contribution in [2.75, 3.05) is 0 Å². The second kappa shape index (κ2) is 2.75. The van der Waals surface area contributed by atoms with Gasteiger partial charge in [-0.05, 0) is 0 Å². The van der Waals surface area contributed by atoms with Crippen molar-refractivity contribution in [3.63, 3.8) is 0 Å². The van der Waals surface area contributed by atoms with Gasteiger partial charge in [0.2, 0.25) is 0 Å². The molecule has 0 unspecified atom stereocenters. The molecule has 0 saturated carbocycles. The summed E-state index contributed by atoms with van der Waals surface area (Å²) in [6.45, 7) is 0. The van der Waals surface area contributed by atoms with Gasteiger partial charge in [-0.3, -0.25) is 0 Å². The molecule has 0 heterocycles. The maximum absolute atomic E-state index is 10.7. The first-order valence-electron chi connectivity index (χ1n) is 1.23. The molecule has 0 aliphatic heterocycles. The number of allylic oxidation sites excluding steroid dienone is 1. The summed E-state index contributed by atoms with van der Waals surface area (Å²) in [6, 6.07) is 0. The number of hydrogen-bond acceptors (Lipinski definition) is 0. The quantitative estimate of drug-likeness (QED) is 0.463. The normalized spacial score (nSPS) is 11.3. The highest BCUT2D eigenvalue weighted by atomic mass is 19.3. The molecule has 0 aromatic heterocycles. The van der Waals surface area contributed by atoms with E-state index in [2.05, 4.69) is 0 Å². The van der Waals surface area contributed by atoms with Crippen LogP contribution in [0.2, 0.25) is 0 Å². The topological polar surface area (TPSA) is 0 Å². The van der Waals surface area contributed by atoms with Gasteiger partial charge in [0.15, 0.2) is 0 Å². The Balaban J connectivity index is 3.03. The van der Waals surface area contributed by atoms with E-state index in [0.717, 1.165) is 6.08 Å². The fourth-order valence-corrected chi connectivity index (χ4v) is 0.0476. The van der Waals surface area contributed by atoms with E-state index >= 15 is 0 Å². The Morgan fingerprint density at radius 1 is 1.50 bits per heavy atom. The molecule has 3 heteroatoms. The molecule has 0 bridgehead atoms. The van der Waals surface area contributed by atoms with Crippen molar-refractivity contribution >= 4 is 0 Å². The molecule has 0 aromatic carbocycles. The second-order valence-electron chi connectivity index (χ2n) is 0.576. The lowest BCUT2D eigenvalue weighted by atomic mass is 10.7. The van der Waals surface area contributed by atoms with Crippen molar-refractivity contribution in [3.8, 4) is 0 Å². The van der Waals surface area contributed by atoms with Crippen LogP contribution in [0.25, 0.3) is 0 Å². The van der Waals surface area contributed by atoms with E-state index < -0.39 is 6.43 Å². The van der Waals surface area contributed by atoms with E-state index in [-0.39, 0.29) is 6.33 Å². The molecule has 0 fully saturated rings. The molecule has 0 nitrogen and oxygen atoms in total. The van der Waals surface area contributed by atoms with Crippen molar-refractivity contribution < 1.29 is 13.2 Å². The zero-order valence-electron chi connectivity index (χ0n) is 2.79. The van der Waals surface area contributed by atoms with Crippen LogP contribution < -0.4 is 0 Å². The van der Waals surface area contributed by atoms with Gasteiger partial charge in [0.25, 0.3) is 6.43 Å². The number of alkyl halides is 2. The minimum Gasteiger partial charge on any atom is -0.215 e. The number of halogens is 3. The molecule has 0 saturated heterocycles. The van der Waals surface area contributed by atoms with Gasteiger partial charge in [-0.25, -0.2) is 13.2 Å². The minimum atomic E-state index is -2.78. The number of rotatable bonds is 1. The highest BCUT2D eigenvalue weighted by Crippen LogP contribution is 1.90. The Morgan fingerprint density at radius 2 is 2.00 bits per heavy atom. The Morgan fingerprint density at radius 3 is 2.00 bits per heavy atom. The first-order chi connectivity index (χ1) is 2.77. The van der Waals surface area contributed by atoms with Gasteiger partial charge in [-0.15, -0.1) is 0 Å². The average Bonchev–Trinajstić information content (AvgIpc) is 1.35. The standard InChI is InChI=1S/C3H2F3/c4-2-1-3(5)6/h2-3H. The lowest BCUT2D eigenvalue weighted by Gasteiger charge is -1.75. The van der Waals surface area contributed by atoms with Crippen LogP contribution in [0, 0.1) is 6.08 Å². The summed E-state index contributed by atoms with van der Waals surface area (Å²) in [6.07, 6.45) is -2.00. The zero-order valence-corrected chi connectivity index (χ0v) is 2.79. The van der Waals surface area contributed by atoms with Crippen molar-refractivity contribution in [1.29, 1.82) is 0 Å². The highest BCUT2D eigenvalue weighted by molar-refractivity contribution is 4.62. The Labute approximate surface area is 33.3 Å². The lowest BCUT2D eigenvalue weighted by Crippen LogP contribution is -1.77. The molecule has 0 aliphatic carbocycles. The van der Waals surface area contributed by atoms with Gasteiger partial charge in [-0.2, -0.15) is 0 Å². The van der Waals surface area contributed by atoms with Gasteiger partial charge in [0.05, 0.1) is 12.4 Å². The van der Waals surface area contributed by atoms with Crippen LogP contribution in [0.3, 0.4) is 0 Å². The summed E-state index contributed by atoms with van der Waals surface area (Å²) in [5, 5.41) is 0. The molecule has 35 valence electrons. The van der Waals surface area contributed by atoms with Crippen molar-refractivity contribution in [2.45, 2.75) is 6.43 Å². The Kier molecular flexibility index (Phi) is 2.54. The van der Waals surface area contributed by atoms with E-state index in [1.54, 1.807) is 0 Å². The van der Waals surface area contributed by atoms with Gasteiger partial charge in [0, 0.05) is 0 Å². The largest absolute Gasteiger partial charge is 0.266 e. The molecule has 0 rings (SSSR count). The first kappa shape index (κ1) is 5.53. The third-order valence-corrected chi connectivity index (χ3v) is 0.189. The molecule has 1 radical (unpaired) electrons. The van der Waals surface area contributed by atoms with Crippen LogP contribution in [0.5, 0.6) is 0 Å². The molecule has 0 atom stereocenters. The predicted octanol–water partition coefficient (Wildman–Crippen LogP) is 1.54. The Bertz CT molecular complexity index is 48.0. The summed E-state index contributed by atoms with van der Waals surface area (Å²) in [5.74, 6) is 0. The van der Waals surface area contributed by atoms with E-state index in [1.807, 2.05) is 0 Å². The van der Waals surface area contributed by atoms with Gasteiger partial charge < -0.3 is 0 Å². The van der Waals surface area contributed by atoms with Crippen LogP contribution in [-0.4, -0.2) is 6.43 Å². The van der Waals surface area contributed by atoms with Gasteiger partial charge >= 0.3 is 0 Å². The molecule has 0 amide bonds. The van der Waals surface area contributed by atoms with Crippen LogP contribution in [0.1, 0.15) is 0 Å². The summed E-state index contributed by atoms with van der Waals surface area (Å²) in [5.41, 5.74) is 0. The SMILES string of the molecule is FC=[C]C(F)F. The number of hydrogen-bond donors (Lipinski definition) is 0. The maximum Gasteiger partial charge on any atom is 0.266 e. The summed E-state index contributed by atoms with van der Waals surface area (Å²) in [4.78, 5) is 0. The van der Waals surface area contributed by atoms with Crippen LogP contribution in [0.4, 0.5) is 13.2 Å². The van der Waals surface area contributed by atoms with E-state index in [4.69, 9.17) is 0 Å². The van der Waals surface area contributed by atoms with E-state index in [1.165, 1.54) is 0 Å². The van der Waals surface area contributed by atoms with Crippen molar-refractivity contribution in [3.05, 3.63) is 12.4 Å². The summed E-state index contributed by atoms with van der Waals surface area (Å²) >= 11 is 0. The molecule has 6 heavy (non-hydrogen) atoms. The van der Waals surface area contributed by atoms with Crippen LogP contribution in [0.15, 0.2) is 6.33 Å². The predicted molar refractivity (Wildman–Crippen MR) is 14.9 cm³/mol. The van der Waals surface area contributed by atoms with Crippen LogP contribution in [-0.2, 0) is 0 Å². The third-order valence-electron chi connectivity index (χ3n) is 0.189. The molecule has 0 aliphatic rings. The molecule has 0 N–H and O–H groups in total. The van der Waals surface area contributed by atoms with E-state index in [9.17, 15) is 13.2 Å². The first-order valence-corrected chi connectivity index (χ1v) is 1.23. The molecular formula is C3H2F3. The molecular weight excluding hydrogens is 93.0 g/mol. The van der Waals surface area contributed by atoms with Gasteiger partial charge in [0.1, 0.15) is 0 Å². The lowest BCUT2D eigenvalue weighted by molar-refractivity contribution is 0.194. The van der Waals surface area contributed by atoms with Gasteiger partial charge in [-0.1, -0.05) is 0 Å². The second-order valence-corrected chi connectivity index (χ2v) is 0.576. The highest BCUT2D eigenvalue weighted by Gasteiger charge is 1.90. The van der Waals surface area contributed by atoms with Crippen molar-refractivity contribution in [1.82, 2.24) is 0 Å². The smallest absolute Gasteiger partial charge is 0.215 e. The van der Waals surface area contributed by atoms with Crippen LogP contribution >= 0.6 is 0 Å².